The highest BCUT2D eigenvalue weighted by atomic mass is 35.5. The second-order valence-corrected chi connectivity index (χ2v) is 8.77. The lowest BCUT2D eigenvalue weighted by Crippen LogP contribution is -2.38. The van der Waals surface area contributed by atoms with E-state index in [-0.39, 0.29) is 30.0 Å². The number of nitrogens with zero attached hydrogens (tertiary/aromatic N) is 1. The van der Waals surface area contributed by atoms with Crippen LogP contribution in [0.1, 0.15) is 17.2 Å². The molecule has 1 atom stereocenters. The first-order chi connectivity index (χ1) is 15.0. The number of amides is 2. The molecule has 7 heteroatoms. The molecule has 3 aromatic carbocycles. The largest absolute Gasteiger partial charge is 0.497 e. The van der Waals surface area contributed by atoms with E-state index in [1.54, 1.807) is 48.0 Å². The van der Waals surface area contributed by atoms with Crippen molar-refractivity contribution in [1.29, 1.82) is 0 Å². The number of halogens is 1. The molecular weight excluding hydrogens is 432 g/mol. The minimum absolute atomic E-state index is 0.0550. The summed E-state index contributed by atoms with van der Waals surface area (Å²) < 4.78 is 5.24. The van der Waals surface area contributed by atoms with E-state index in [9.17, 15) is 9.59 Å². The number of carbonyl (C=O) groups excluding carboxylic acids is 2. The summed E-state index contributed by atoms with van der Waals surface area (Å²) in [7, 11) is 1.63. The molecule has 0 saturated carbocycles. The van der Waals surface area contributed by atoms with E-state index in [1.807, 2.05) is 48.5 Å². The average molecular weight is 453 g/mol. The van der Waals surface area contributed by atoms with Crippen molar-refractivity contribution >= 4 is 46.6 Å². The van der Waals surface area contributed by atoms with E-state index < -0.39 is 0 Å². The zero-order chi connectivity index (χ0) is 21.8. The zero-order valence-corrected chi connectivity index (χ0v) is 18.5. The molecule has 1 aliphatic heterocycles. The summed E-state index contributed by atoms with van der Waals surface area (Å²) in [5.41, 5.74) is 2.38. The fraction of sp³-hybridized carbons (Fsp3) is 0.167. The smallest absolute Gasteiger partial charge is 0.244 e. The molecule has 1 aliphatic rings. The predicted molar refractivity (Wildman–Crippen MR) is 125 cm³/mol. The Morgan fingerprint density at radius 2 is 1.90 bits per heavy atom. The predicted octanol–water partition coefficient (Wildman–Crippen LogP) is 5.56. The summed E-state index contributed by atoms with van der Waals surface area (Å²) in [4.78, 5) is 28.4. The summed E-state index contributed by atoms with van der Waals surface area (Å²) in [5.74, 6) is 0.395. The number of rotatable bonds is 5. The summed E-state index contributed by atoms with van der Waals surface area (Å²) in [6, 6.07) is 22.4. The van der Waals surface area contributed by atoms with Crippen molar-refractivity contribution in [1.82, 2.24) is 0 Å². The standard InChI is InChI=1S/C24H21ClN2O3S/c1-30-19-11-9-16(10-12-19)22-14-24(29)27(20-7-2-3-8-21(20)31-22)15-23(28)26-18-6-4-5-17(25)13-18/h2-13,22H,14-15H2,1H3,(H,26,28)/t22-/m0/s1. The lowest BCUT2D eigenvalue weighted by Gasteiger charge is -2.22. The molecule has 0 radical (unpaired) electrons. The molecule has 158 valence electrons. The molecule has 0 bridgehead atoms. The Bertz CT molecular complexity index is 1100. The third-order valence-corrected chi connectivity index (χ3v) is 6.54. The number of ether oxygens (including phenoxy) is 1. The lowest BCUT2D eigenvalue weighted by atomic mass is 10.1. The summed E-state index contributed by atoms with van der Waals surface area (Å²) in [6.07, 6.45) is 0.288. The second kappa shape index (κ2) is 9.45. The highest BCUT2D eigenvalue weighted by molar-refractivity contribution is 7.99. The van der Waals surface area contributed by atoms with Gasteiger partial charge in [0.25, 0.3) is 0 Å². The Kier molecular flexibility index (Phi) is 6.49. The molecular formula is C24H21ClN2O3S. The summed E-state index contributed by atoms with van der Waals surface area (Å²) in [5, 5.41) is 3.30. The maximum absolute atomic E-state index is 13.2. The van der Waals surface area contributed by atoms with Crippen LogP contribution in [0, 0.1) is 0 Å². The van der Waals surface area contributed by atoms with Gasteiger partial charge < -0.3 is 15.0 Å². The van der Waals surface area contributed by atoms with Crippen LogP contribution < -0.4 is 15.0 Å². The van der Waals surface area contributed by atoms with Gasteiger partial charge in [-0.1, -0.05) is 41.9 Å². The fourth-order valence-corrected chi connectivity index (χ4v) is 4.94. The number of methoxy groups -OCH3 is 1. The van der Waals surface area contributed by atoms with E-state index >= 15 is 0 Å². The first kappa shape index (κ1) is 21.3. The van der Waals surface area contributed by atoms with Crippen LogP contribution in [-0.4, -0.2) is 25.5 Å². The molecule has 0 fully saturated rings. The van der Waals surface area contributed by atoms with Crippen LogP contribution in [0.25, 0.3) is 0 Å². The maximum Gasteiger partial charge on any atom is 0.244 e. The molecule has 4 rings (SSSR count). The Hall–Kier alpha value is -2.96. The Balaban J connectivity index is 1.57. The van der Waals surface area contributed by atoms with Crippen LogP contribution in [0.2, 0.25) is 5.02 Å². The van der Waals surface area contributed by atoms with Crippen LogP contribution >= 0.6 is 23.4 Å². The SMILES string of the molecule is COc1ccc([C@@H]2CC(=O)N(CC(=O)Nc3cccc(Cl)c3)c3ccccc3S2)cc1. The number of nitrogens with one attached hydrogen (secondary N) is 1. The van der Waals surface area contributed by atoms with E-state index in [0.29, 0.717) is 10.7 Å². The number of fused-ring (bicyclic) bond motifs is 1. The van der Waals surface area contributed by atoms with Crippen molar-refractivity contribution in [2.75, 3.05) is 23.9 Å². The lowest BCUT2D eigenvalue weighted by molar-refractivity contribution is -0.121. The van der Waals surface area contributed by atoms with Crippen LogP contribution in [0.3, 0.4) is 0 Å². The van der Waals surface area contributed by atoms with Gasteiger partial charge in [-0.3, -0.25) is 9.59 Å². The first-order valence-corrected chi connectivity index (χ1v) is 11.0. The number of para-hydroxylation sites is 1. The topological polar surface area (TPSA) is 58.6 Å². The highest BCUT2D eigenvalue weighted by Gasteiger charge is 2.30. The third kappa shape index (κ3) is 5.03. The Labute approximate surface area is 190 Å². The number of hydrogen-bond acceptors (Lipinski definition) is 4. The van der Waals surface area contributed by atoms with Crippen molar-refractivity contribution in [2.45, 2.75) is 16.6 Å². The molecule has 2 amide bonds. The van der Waals surface area contributed by atoms with Crippen molar-refractivity contribution in [2.24, 2.45) is 0 Å². The van der Waals surface area contributed by atoms with Gasteiger partial charge in [0.1, 0.15) is 12.3 Å². The van der Waals surface area contributed by atoms with Gasteiger partial charge in [-0.15, -0.1) is 11.8 Å². The number of carbonyl (C=O) groups is 2. The number of hydrogen-bond donors (Lipinski definition) is 1. The quantitative estimate of drug-likeness (QED) is 0.550. The highest BCUT2D eigenvalue weighted by Crippen LogP contribution is 2.45. The maximum atomic E-state index is 13.2. The van der Waals surface area contributed by atoms with Gasteiger partial charge in [0.15, 0.2) is 0 Å². The molecule has 0 spiro atoms. The van der Waals surface area contributed by atoms with Gasteiger partial charge in [-0.25, -0.2) is 0 Å². The van der Waals surface area contributed by atoms with E-state index in [0.717, 1.165) is 21.9 Å². The zero-order valence-electron chi connectivity index (χ0n) is 16.9. The molecule has 0 saturated heterocycles. The monoisotopic (exact) mass is 452 g/mol. The molecule has 31 heavy (non-hydrogen) atoms. The Morgan fingerprint density at radius 1 is 1.13 bits per heavy atom. The van der Waals surface area contributed by atoms with Crippen LogP contribution in [0.5, 0.6) is 5.75 Å². The first-order valence-electron chi connectivity index (χ1n) is 9.79. The number of benzene rings is 3. The van der Waals surface area contributed by atoms with Gasteiger partial charge >= 0.3 is 0 Å². The summed E-state index contributed by atoms with van der Waals surface area (Å²) in [6.45, 7) is -0.0712. The van der Waals surface area contributed by atoms with E-state index in [1.165, 1.54) is 0 Å². The van der Waals surface area contributed by atoms with E-state index in [2.05, 4.69) is 5.32 Å². The van der Waals surface area contributed by atoms with Crippen molar-refractivity contribution in [3.05, 3.63) is 83.4 Å². The molecule has 0 aromatic heterocycles. The third-order valence-electron chi connectivity index (χ3n) is 4.98. The average Bonchev–Trinajstić information content (AvgIpc) is 2.90. The molecule has 0 unspecified atom stereocenters. The van der Waals surface area contributed by atoms with Gasteiger partial charge in [0.2, 0.25) is 11.8 Å². The summed E-state index contributed by atoms with van der Waals surface area (Å²) >= 11 is 7.63. The van der Waals surface area contributed by atoms with Crippen LogP contribution in [-0.2, 0) is 9.59 Å². The normalized spacial score (nSPS) is 15.7. The number of anilines is 2. The number of thioether (sulfide) groups is 1. The molecule has 1 N–H and O–H groups in total. The van der Waals surface area contributed by atoms with E-state index in [4.69, 9.17) is 16.3 Å². The molecule has 3 aromatic rings. The van der Waals surface area contributed by atoms with Crippen molar-refractivity contribution in [3.8, 4) is 5.75 Å². The second-order valence-electron chi connectivity index (χ2n) is 7.09. The molecule has 0 aliphatic carbocycles. The fourth-order valence-electron chi connectivity index (χ4n) is 3.47. The van der Waals surface area contributed by atoms with Gasteiger partial charge in [-0.05, 0) is 48.0 Å². The van der Waals surface area contributed by atoms with Crippen LogP contribution in [0.15, 0.2) is 77.7 Å². The molecule has 1 heterocycles. The van der Waals surface area contributed by atoms with Crippen LogP contribution in [0.4, 0.5) is 11.4 Å². The van der Waals surface area contributed by atoms with Gasteiger partial charge in [0.05, 0.1) is 12.8 Å². The Morgan fingerprint density at radius 3 is 2.65 bits per heavy atom. The minimum atomic E-state index is -0.279. The molecule has 5 nitrogen and oxygen atoms in total. The van der Waals surface area contributed by atoms with Gasteiger partial charge in [0, 0.05) is 27.3 Å². The van der Waals surface area contributed by atoms with Gasteiger partial charge in [-0.2, -0.15) is 0 Å². The van der Waals surface area contributed by atoms with Crippen molar-refractivity contribution in [3.63, 3.8) is 0 Å². The van der Waals surface area contributed by atoms with Crippen molar-refractivity contribution < 1.29 is 14.3 Å². The minimum Gasteiger partial charge on any atom is -0.497 e.